The fourth-order valence-electron chi connectivity index (χ4n) is 1.38. The first-order valence-electron chi connectivity index (χ1n) is 5.98. The van der Waals surface area contributed by atoms with Crippen LogP contribution in [-0.2, 0) is 19.1 Å². The molecule has 1 N–H and O–H groups in total. The second-order valence-electron chi connectivity index (χ2n) is 4.02. The van der Waals surface area contributed by atoms with Crippen molar-refractivity contribution in [2.45, 2.75) is 19.4 Å². The van der Waals surface area contributed by atoms with Crippen molar-refractivity contribution in [2.24, 2.45) is 0 Å². The van der Waals surface area contributed by atoms with E-state index in [1.54, 1.807) is 6.92 Å². The zero-order chi connectivity index (χ0) is 13.4. The summed E-state index contributed by atoms with van der Waals surface area (Å²) in [6.07, 6.45) is 2.75. The van der Waals surface area contributed by atoms with Gasteiger partial charge >= 0.3 is 0 Å². The molecule has 6 nitrogen and oxygen atoms in total. The van der Waals surface area contributed by atoms with Crippen LogP contribution in [0.1, 0.15) is 13.3 Å². The molecule has 1 unspecified atom stereocenters. The Balaban J connectivity index is 1.93. The third-order valence-corrected chi connectivity index (χ3v) is 2.41. The molecule has 0 aromatic rings. The Bertz CT molecular complexity index is 296. The topological polar surface area (TPSA) is 76.1 Å². The molecule has 0 radical (unpaired) electrons. The van der Waals surface area contributed by atoms with Crippen molar-refractivity contribution < 1.29 is 24.2 Å². The lowest BCUT2D eigenvalue weighted by molar-refractivity contribution is -0.137. The average molecular weight is 257 g/mol. The van der Waals surface area contributed by atoms with E-state index in [1.165, 1.54) is 12.2 Å². The first kappa shape index (κ1) is 14.8. The molecule has 0 aromatic heterocycles. The van der Waals surface area contributed by atoms with Crippen LogP contribution in [0.4, 0.5) is 0 Å². The van der Waals surface area contributed by atoms with Gasteiger partial charge in [-0.15, -0.1) is 0 Å². The molecule has 0 spiro atoms. The molecule has 0 bridgehead atoms. The largest absolute Gasteiger partial charge is 0.393 e. The lowest BCUT2D eigenvalue weighted by atomic mass is 10.3. The van der Waals surface area contributed by atoms with Gasteiger partial charge in [0.25, 0.3) is 11.8 Å². The first-order valence-corrected chi connectivity index (χ1v) is 5.98. The summed E-state index contributed by atoms with van der Waals surface area (Å²) in [5.41, 5.74) is 0. The summed E-state index contributed by atoms with van der Waals surface area (Å²) >= 11 is 0. The number of hydrogen-bond acceptors (Lipinski definition) is 5. The van der Waals surface area contributed by atoms with Crippen LogP contribution in [-0.4, -0.2) is 60.9 Å². The quantitative estimate of drug-likeness (QED) is 0.454. The van der Waals surface area contributed by atoms with Crippen LogP contribution in [0.3, 0.4) is 0 Å². The zero-order valence-corrected chi connectivity index (χ0v) is 10.5. The van der Waals surface area contributed by atoms with Gasteiger partial charge in [-0.1, -0.05) is 0 Å². The number of ether oxygens (including phenoxy) is 2. The normalized spacial score (nSPS) is 16.7. The second kappa shape index (κ2) is 7.97. The second-order valence-corrected chi connectivity index (χ2v) is 4.02. The number of hydrogen-bond donors (Lipinski definition) is 1. The molecule has 1 aliphatic rings. The Morgan fingerprint density at radius 3 is 2.22 bits per heavy atom. The van der Waals surface area contributed by atoms with E-state index in [2.05, 4.69) is 0 Å². The van der Waals surface area contributed by atoms with E-state index in [1.807, 2.05) is 0 Å². The third kappa shape index (κ3) is 5.39. The molecule has 0 aromatic carbocycles. The van der Waals surface area contributed by atoms with E-state index in [0.717, 1.165) is 4.90 Å². The Kier molecular flexibility index (Phi) is 6.56. The summed E-state index contributed by atoms with van der Waals surface area (Å²) < 4.78 is 10.5. The molecule has 0 fully saturated rings. The number of aliphatic hydroxyl groups excluding tert-OH is 1. The van der Waals surface area contributed by atoms with Crippen molar-refractivity contribution in [1.29, 1.82) is 0 Å². The van der Waals surface area contributed by atoms with Crippen LogP contribution in [0.2, 0.25) is 0 Å². The molecule has 2 amide bonds. The van der Waals surface area contributed by atoms with Crippen molar-refractivity contribution in [1.82, 2.24) is 4.90 Å². The van der Waals surface area contributed by atoms with Gasteiger partial charge in [0.15, 0.2) is 0 Å². The molecular formula is C12H19NO5. The van der Waals surface area contributed by atoms with Gasteiger partial charge in [0.05, 0.1) is 32.5 Å². The molecule has 1 heterocycles. The Morgan fingerprint density at radius 1 is 1.11 bits per heavy atom. The molecule has 1 rings (SSSR count). The number of amides is 2. The third-order valence-electron chi connectivity index (χ3n) is 2.41. The maximum absolute atomic E-state index is 11.2. The number of aliphatic hydroxyl groups is 1. The monoisotopic (exact) mass is 257 g/mol. The molecular weight excluding hydrogens is 238 g/mol. The molecule has 18 heavy (non-hydrogen) atoms. The Labute approximate surface area is 106 Å². The van der Waals surface area contributed by atoms with E-state index in [9.17, 15) is 9.59 Å². The van der Waals surface area contributed by atoms with E-state index >= 15 is 0 Å². The molecule has 102 valence electrons. The van der Waals surface area contributed by atoms with E-state index in [4.69, 9.17) is 14.6 Å². The van der Waals surface area contributed by atoms with E-state index < -0.39 is 0 Å². The van der Waals surface area contributed by atoms with Gasteiger partial charge in [0, 0.05) is 18.8 Å². The minimum Gasteiger partial charge on any atom is -0.393 e. The highest BCUT2D eigenvalue weighted by atomic mass is 16.5. The van der Waals surface area contributed by atoms with E-state index in [0.29, 0.717) is 32.8 Å². The molecule has 1 atom stereocenters. The summed E-state index contributed by atoms with van der Waals surface area (Å²) in [5, 5.41) is 8.98. The van der Waals surface area contributed by atoms with Crippen LogP contribution in [0.25, 0.3) is 0 Å². The molecule has 0 saturated heterocycles. The number of nitrogens with zero attached hydrogens (tertiary/aromatic N) is 1. The van der Waals surface area contributed by atoms with Crippen molar-refractivity contribution in [3.63, 3.8) is 0 Å². The zero-order valence-electron chi connectivity index (χ0n) is 10.5. The highest BCUT2D eigenvalue weighted by molar-refractivity contribution is 6.12. The highest BCUT2D eigenvalue weighted by Crippen LogP contribution is 2.02. The SMILES string of the molecule is CC(O)CCOCCOCCN1C(=O)C=CC1=O. The number of carbonyl (C=O) groups is 2. The van der Waals surface area contributed by atoms with Gasteiger partial charge < -0.3 is 14.6 Å². The summed E-state index contributed by atoms with van der Waals surface area (Å²) in [6.45, 7) is 3.61. The summed E-state index contributed by atoms with van der Waals surface area (Å²) in [5.74, 6) is -0.589. The molecule has 0 saturated carbocycles. The minimum atomic E-state index is -0.356. The Hall–Kier alpha value is -1.24. The lowest BCUT2D eigenvalue weighted by Gasteiger charge is -2.13. The fourth-order valence-corrected chi connectivity index (χ4v) is 1.38. The van der Waals surface area contributed by atoms with Crippen molar-refractivity contribution >= 4 is 11.8 Å². The number of carbonyl (C=O) groups excluding carboxylic acids is 2. The van der Waals surface area contributed by atoms with Crippen molar-refractivity contribution in [3.05, 3.63) is 12.2 Å². The smallest absolute Gasteiger partial charge is 0.253 e. The molecule has 0 aliphatic carbocycles. The van der Waals surface area contributed by atoms with Crippen LogP contribution < -0.4 is 0 Å². The number of rotatable bonds is 9. The van der Waals surface area contributed by atoms with Crippen LogP contribution in [0.5, 0.6) is 0 Å². The first-order chi connectivity index (χ1) is 8.61. The van der Waals surface area contributed by atoms with Crippen LogP contribution >= 0.6 is 0 Å². The standard InChI is InChI=1S/C12H19NO5/c1-10(14)4-6-17-8-9-18-7-5-13-11(15)2-3-12(13)16/h2-3,10,14H,4-9H2,1H3. The fraction of sp³-hybridized carbons (Fsp3) is 0.667. The van der Waals surface area contributed by atoms with Crippen molar-refractivity contribution in [3.8, 4) is 0 Å². The van der Waals surface area contributed by atoms with Crippen molar-refractivity contribution in [2.75, 3.05) is 33.0 Å². The predicted octanol–water partition coefficient (Wildman–Crippen LogP) is -0.284. The number of imide groups is 1. The van der Waals surface area contributed by atoms with Gasteiger partial charge in [0.2, 0.25) is 0 Å². The maximum atomic E-state index is 11.2. The van der Waals surface area contributed by atoms with Gasteiger partial charge in [-0.3, -0.25) is 14.5 Å². The minimum absolute atomic E-state index is 0.262. The molecule has 1 aliphatic heterocycles. The summed E-state index contributed by atoms with van der Waals surface area (Å²) in [6, 6.07) is 0. The van der Waals surface area contributed by atoms with Crippen LogP contribution in [0, 0.1) is 0 Å². The summed E-state index contributed by atoms with van der Waals surface area (Å²) in [4.78, 5) is 23.5. The summed E-state index contributed by atoms with van der Waals surface area (Å²) in [7, 11) is 0. The van der Waals surface area contributed by atoms with Gasteiger partial charge in [-0.2, -0.15) is 0 Å². The Morgan fingerprint density at radius 2 is 1.67 bits per heavy atom. The van der Waals surface area contributed by atoms with Crippen LogP contribution in [0.15, 0.2) is 12.2 Å². The molecule has 6 heteroatoms. The van der Waals surface area contributed by atoms with Gasteiger partial charge in [-0.05, 0) is 13.3 Å². The maximum Gasteiger partial charge on any atom is 0.253 e. The van der Waals surface area contributed by atoms with Gasteiger partial charge in [0.1, 0.15) is 0 Å². The van der Waals surface area contributed by atoms with Gasteiger partial charge in [-0.25, -0.2) is 0 Å². The average Bonchev–Trinajstić information content (AvgIpc) is 2.63. The predicted molar refractivity (Wildman–Crippen MR) is 63.8 cm³/mol. The lowest BCUT2D eigenvalue weighted by Crippen LogP contribution is -2.33. The van der Waals surface area contributed by atoms with E-state index in [-0.39, 0.29) is 24.5 Å². The highest BCUT2D eigenvalue weighted by Gasteiger charge is 2.22.